The molecular weight excluding hydrogens is 368 g/mol. The van der Waals surface area contributed by atoms with Crippen molar-refractivity contribution in [1.82, 2.24) is 24.3 Å². The number of aromatic nitrogens is 5. The van der Waals surface area contributed by atoms with E-state index in [9.17, 15) is 4.79 Å². The van der Waals surface area contributed by atoms with Crippen molar-refractivity contribution in [2.45, 2.75) is 18.9 Å². The predicted octanol–water partition coefficient (Wildman–Crippen LogP) is 3.22. The summed E-state index contributed by atoms with van der Waals surface area (Å²) in [6.07, 6.45) is 8.87. The molecule has 4 heterocycles. The van der Waals surface area contributed by atoms with Crippen LogP contribution in [0.5, 0.6) is 0 Å². The minimum atomic E-state index is -0.224. The molecule has 0 radical (unpaired) electrons. The van der Waals surface area contributed by atoms with Gasteiger partial charge in [0.2, 0.25) is 0 Å². The second-order valence-corrected chi connectivity index (χ2v) is 7.02. The van der Waals surface area contributed by atoms with Gasteiger partial charge in [-0.3, -0.25) is 4.79 Å². The zero-order valence-electron chi connectivity index (χ0n) is 15.7. The number of nitrogens with zero attached hydrogens (tertiary/aromatic N) is 5. The summed E-state index contributed by atoms with van der Waals surface area (Å²) in [5, 5.41) is 7.14. The molecule has 1 aromatic carbocycles. The average Bonchev–Trinajstić information content (AvgIpc) is 3.44. The maximum absolute atomic E-state index is 12.7. The molecule has 0 bridgehead atoms. The summed E-state index contributed by atoms with van der Waals surface area (Å²) in [6.45, 7) is 1.50. The van der Waals surface area contributed by atoms with Gasteiger partial charge in [-0.05, 0) is 43.2 Å². The van der Waals surface area contributed by atoms with Gasteiger partial charge in [0.1, 0.15) is 5.52 Å². The molecule has 29 heavy (non-hydrogen) atoms. The van der Waals surface area contributed by atoms with E-state index in [4.69, 9.17) is 4.74 Å². The third kappa shape index (κ3) is 3.50. The van der Waals surface area contributed by atoms with E-state index < -0.39 is 0 Å². The molecular formula is C21H20N6O2. The van der Waals surface area contributed by atoms with E-state index in [0.717, 1.165) is 42.9 Å². The van der Waals surface area contributed by atoms with Gasteiger partial charge in [0.15, 0.2) is 5.65 Å². The Bertz CT molecular complexity index is 1150. The number of nitrogens with one attached hydrogen (secondary N) is 1. The molecule has 8 heteroatoms. The van der Waals surface area contributed by atoms with Crippen LogP contribution in [0.2, 0.25) is 0 Å². The molecule has 0 atom stereocenters. The van der Waals surface area contributed by atoms with Crippen LogP contribution in [0, 0.1) is 0 Å². The Kier molecular flexibility index (Phi) is 4.53. The Morgan fingerprint density at radius 1 is 1.14 bits per heavy atom. The Morgan fingerprint density at radius 2 is 2.03 bits per heavy atom. The SMILES string of the molecule is O=C(Nc1cccc(-n2cccn2)c1)c1cnc2c(c1)ncn2C1CCOCC1. The molecule has 1 fully saturated rings. The van der Waals surface area contributed by atoms with Crippen molar-refractivity contribution < 1.29 is 9.53 Å². The van der Waals surface area contributed by atoms with Crippen LogP contribution >= 0.6 is 0 Å². The topological polar surface area (TPSA) is 86.9 Å². The fourth-order valence-electron chi connectivity index (χ4n) is 3.62. The van der Waals surface area contributed by atoms with Gasteiger partial charge in [-0.2, -0.15) is 5.10 Å². The molecule has 0 saturated carbocycles. The first-order chi connectivity index (χ1) is 14.3. The molecule has 0 unspecified atom stereocenters. The van der Waals surface area contributed by atoms with Gasteiger partial charge in [0.25, 0.3) is 5.91 Å². The number of fused-ring (bicyclic) bond motifs is 1. The molecule has 4 aromatic rings. The lowest BCUT2D eigenvalue weighted by atomic mass is 10.1. The normalized spacial score (nSPS) is 14.9. The largest absolute Gasteiger partial charge is 0.381 e. The molecule has 0 aliphatic carbocycles. The Balaban J connectivity index is 1.37. The van der Waals surface area contributed by atoms with Crippen LogP contribution in [0.1, 0.15) is 29.2 Å². The minimum Gasteiger partial charge on any atom is -0.381 e. The number of pyridine rings is 1. The summed E-state index contributed by atoms with van der Waals surface area (Å²) in [7, 11) is 0. The highest BCUT2D eigenvalue weighted by molar-refractivity contribution is 6.05. The first-order valence-electron chi connectivity index (χ1n) is 9.60. The van der Waals surface area contributed by atoms with Gasteiger partial charge in [-0.15, -0.1) is 0 Å². The quantitative estimate of drug-likeness (QED) is 0.580. The highest BCUT2D eigenvalue weighted by Gasteiger charge is 2.19. The van der Waals surface area contributed by atoms with Crippen LogP contribution in [-0.2, 0) is 4.74 Å². The standard InChI is InChI=1S/C21H20N6O2/c28-21(25-16-3-1-4-18(12-16)27-8-2-7-24-27)15-11-19-20(22-13-15)26(14-23-19)17-5-9-29-10-6-17/h1-4,7-8,11-14,17H,5-6,9-10H2,(H,25,28). The fraction of sp³-hybridized carbons (Fsp3) is 0.238. The molecule has 8 nitrogen and oxygen atoms in total. The molecule has 1 N–H and O–H groups in total. The van der Waals surface area contributed by atoms with Crippen molar-refractivity contribution >= 4 is 22.8 Å². The summed E-state index contributed by atoms with van der Waals surface area (Å²) in [4.78, 5) is 21.7. The van der Waals surface area contributed by atoms with E-state index in [-0.39, 0.29) is 5.91 Å². The molecule has 1 amide bonds. The van der Waals surface area contributed by atoms with Gasteiger partial charge < -0.3 is 14.6 Å². The number of ether oxygens (including phenoxy) is 1. The fourth-order valence-corrected chi connectivity index (χ4v) is 3.62. The van der Waals surface area contributed by atoms with E-state index in [1.54, 1.807) is 23.1 Å². The summed E-state index contributed by atoms with van der Waals surface area (Å²) in [5.74, 6) is -0.224. The second-order valence-electron chi connectivity index (χ2n) is 7.02. The van der Waals surface area contributed by atoms with Gasteiger partial charge in [-0.25, -0.2) is 14.6 Å². The molecule has 0 spiro atoms. The minimum absolute atomic E-state index is 0.224. The van der Waals surface area contributed by atoms with Crippen molar-refractivity contribution in [3.63, 3.8) is 0 Å². The van der Waals surface area contributed by atoms with E-state index in [0.29, 0.717) is 17.3 Å². The maximum atomic E-state index is 12.7. The van der Waals surface area contributed by atoms with Crippen molar-refractivity contribution in [2.24, 2.45) is 0 Å². The van der Waals surface area contributed by atoms with Crippen molar-refractivity contribution in [1.29, 1.82) is 0 Å². The van der Waals surface area contributed by atoms with Crippen LogP contribution in [-0.4, -0.2) is 43.4 Å². The average molecular weight is 388 g/mol. The third-order valence-electron chi connectivity index (χ3n) is 5.13. The number of hydrogen-bond donors (Lipinski definition) is 1. The number of benzene rings is 1. The number of carbonyl (C=O) groups is 1. The lowest BCUT2D eigenvalue weighted by Crippen LogP contribution is -2.19. The monoisotopic (exact) mass is 388 g/mol. The first kappa shape index (κ1) is 17.6. The Morgan fingerprint density at radius 3 is 2.86 bits per heavy atom. The van der Waals surface area contributed by atoms with Crippen molar-refractivity contribution in [2.75, 3.05) is 18.5 Å². The summed E-state index contributed by atoms with van der Waals surface area (Å²) < 4.78 is 9.27. The second kappa shape index (κ2) is 7.48. The van der Waals surface area contributed by atoms with Gasteiger partial charge in [0, 0.05) is 43.5 Å². The summed E-state index contributed by atoms with van der Waals surface area (Å²) in [6, 6.07) is 11.5. The van der Waals surface area contributed by atoms with Crippen LogP contribution in [0.3, 0.4) is 0 Å². The summed E-state index contributed by atoms with van der Waals surface area (Å²) >= 11 is 0. The molecule has 1 aliphatic heterocycles. The van der Waals surface area contributed by atoms with Crippen LogP contribution in [0.15, 0.2) is 61.3 Å². The number of rotatable bonds is 4. The smallest absolute Gasteiger partial charge is 0.257 e. The number of imidazole rings is 1. The lowest BCUT2D eigenvalue weighted by Gasteiger charge is -2.23. The van der Waals surface area contributed by atoms with E-state index >= 15 is 0 Å². The van der Waals surface area contributed by atoms with E-state index in [1.807, 2.05) is 42.9 Å². The highest BCUT2D eigenvalue weighted by Crippen LogP contribution is 2.25. The molecule has 1 aliphatic rings. The van der Waals surface area contributed by atoms with Crippen LogP contribution in [0.4, 0.5) is 5.69 Å². The lowest BCUT2D eigenvalue weighted by molar-refractivity contribution is 0.0704. The van der Waals surface area contributed by atoms with Crippen molar-refractivity contribution in [3.05, 3.63) is 66.9 Å². The molecule has 1 saturated heterocycles. The summed E-state index contributed by atoms with van der Waals surface area (Å²) in [5.41, 5.74) is 3.55. The van der Waals surface area contributed by atoms with Crippen molar-refractivity contribution in [3.8, 4) is 5.69 Å². The van der Waals surface area contributed by atoms with E-state index in [2.05, 4.69) is 25.0 Å². The number of hydrogen-bond acceptors (Lipinski definition) is 5. The molecule has 146 valence electrons. The number of amides is 1. The Labute approximate surface area is 167 Å². The molecule has 3 aromatic heterocycles. The van der Waals surface area contributed by atoms with E-state index in [1.165, 1.54) is 0 Å². The Hall–Kier alpha value is -3.52. The van der Waals surface area contributed by atoms with Gasteiger partial charge >= 0.3 is 0 Å². The predicted molar refractivity (Wildman–Crippen MR) is 108 cm³/mol. The maximum Gasteiger partial charge on any atom is 0.257 e. The van der Waals surface area contributed by atoms with Gasteiger partial charge in [0.05, 0.1) is 17.6 Å². The van der Waals surface area contributed by atoms with Crippen LogP contribution in [0.25, 0.3) is 16.9 Å². The zero-order valence-corrected chi connectivity index (χ0v) is 15.7. The van der Waals surface area contributed by atoms with Crippen LogP contribution < -0.4 is 5.32 Å². The highest BCUT2D eigenvalue weighted by atomic mass is 16.5. The zero-order chi connectivity index (χ0) is 19.6. The van der Waals surface area contributed by atoms with Gasteiger partial charge in [-0.1, -0.05) is 6.07 Å². The third-order valence-corrected chi connectivity index (χ3v) is 5.13. The number of carbonyl (C=O) groups excluding carboxylic acids is 1. The number of anilines is 1. The first-order valence-corrected chi connectivity index (χ1v) is 9.60. The molecule has 5 rings (SSSR count).